The van der Waals surface area contributed by atoms with Crippen LogP contribution in [-0.2, 0) is 19.5 Å². The highest BCUT2D eigenvalue weighted by Crippen LogP contribution is 2.21. The second-order valence-electron chi connectivity index (χ2n) is 6.70. The van der Waals surface area contributed by atoms with Gasteiger partial charge in [-0.1, -0.05) is 25.1 Å². The summed E-state index contributed by atoms with van der Waals surface area (Å²) in [6.07, 6.45) is 2.64. The first-order valence-corrected chi connectivity index (χ1v) is 9.49. The molecule has 0 saturated heterocycles. The summed E-state index contributed by atoms with van der Waals surface area (Å²) in [6.45, 7) is 4.27. The normalized spacial score (nSPS) is 11.2. The van der Waals surface area contributed by atoms with Crippen LogP contribution in [0.25, 0.3) is 10.9 Å². The number of pyridine rings is 1. The lowest BCUT2D eigenvalue weighted by Gasteiger charge is -2.17. The van der Waals surface area contributed by atoms with Gasteiger partial charge in [-0.3, -0.25) is 4.99 Å². The molecule has 29 heavy (non-hydrogen) atoms. The average molecular weight is 508 g/mol. The molecule has 0 bridgehead atoms. The van der Waals surface area contributed by atoms with E-state index in [4.69, 9.17) is 4.98 Å². The van der Waals surface area contributed by atoms with Crippen LogP contribution in [0.2, 0.25) is 0 Å². The Morgan fingerprint density at radius 3 is 2.72 bits per heavy atom. The molecule has 0 unspecified atom stereocenters. The van der Waals surface area contributed by atoms with E-state index in [1.54, 1.807) is 13.4 Å². The van der Waals surface area contributed by atoms with Crippen molar-refractivity contribution in [3.05, 3.63) is 48.0 Å². The van der Waals surface area contributed by atoms with E-state index in [0.717, 1.165) is 48.0 Å². The van der Waals surface area contributed by atoms with Gasteiger partial charge in [0.25, 0.3) is 0 Å². The van der Waals surface area contributed by atoms with Gasteiger partial charge >= 0.3 is 0 Å². The predicted molar refractivity (Wildman–Crippen MR) is 129 cm³/mol. The number of rotatable bonds is 7. The third kappa shape index (κ3) is 5.78. The maximum atomic E-state index is 4.71. The molecule has 2 aromatic heterocycles. The van der Waals surface area contributed by atoms with Crippen molar-refractivity contribution in [3.8, 4) is 0 Å². The molecule has 2 N–H and O–H groups in total. The monoisotopic (exact) mass is 508 g/mol. The minimum atomic E-state index is 0. The van der Waals surface area contributed by atoms with Crippen molar-refractivity contribution in [3.63, 3.8) is 0 Å². The molecule has 3 aromatic rings. The van der Waals surface area contributed by atoms with Gasteiger partial charge in [-0.2, -0.15) is 0 Å². The van der Waals surface area contributed by atoms with E-state index in [0.29, 0.717) is 6.54 Å². The Hall–Kier alpha value is -2.43. The van der Waals surface area contributed by atoms with E-state index in [9.17, 15) is 0 Å². The molecule has 0 aliphatic rings. The maximum absolute atomic E-state index is 4.71. The molecule has 0 radical (unpaired) electrons. The highest BCUT2D eigenvalue weighted by molar-refractivity contribution is 14.0. The Labute approximate surface area is 188 Å². The molecule has 3 rings (SSSR count). The number of benzene rings is 1. The number of fused-ring (bicyclic) bond motifs is 1. The van der Waals surface area contributed by atoms with Crippen molar-refractivity contribution in [2.75, 3.05) is 32.6 Å². The van der Waals surface area contributed by atoms with Gasteiger partial charge in [0.2, 0.25) is 0 Å². The van der Waals surface area contributed by atoms with E-state index in [2.05, 4.69) is 49.4 Å². The molecule has 156 valence electrons. The van der Waals surface area contributed by atoms with Crippen LogP contribution in [0.1, 0.15) is 18.3 Å². The van der Waals surface area contributed by atoms with Gasteiger partial charge in [0.15, 0.2) is 5.96 Å². The summed E-state index contributed by atoms with van der Waals surface area (Å²) in [4.78, 5) is 11.1. The van der Waals surface area contributed by atoms with Crippen LogP contribution < -0.4 is 15.5 Å². The Morgan fingerprint density at radius 1 is 1.21 bits per heavy atom. The summed E-state index contributed by atoms with van der Waals surface area (Å²) in [5, 5.41) is 16.0. The zero-order valence-electron chi connectivity index (χ0n) is 17.4. The van der Waals surface area contributed by atoms with Crippen LogP contribution in [-0.4, -0.2) is 53.4 Å². The number of hydrogen-bond donors (Lipinski definition) is 2. The quantitative estimate of drug-likeness (QED) is 0.290. The molecule has 0 saturated carbocycles. The average Bonchev–Trinajstić information content (AvgIpc) is 3.17. The van der Waals surface area contributed by atoms with Crippen LogP contribution in [0, 0.1) is 0 Å². The Kier molecular flexibility index (Phi) is 8.62. The molecule has 0 amide bonds. The Morgan fingerprint density at radius 2 is 2.00 bits per heavy atom. The van der Waals surface area contributed by atoms with Crippen molar-refractivity contribution in [1.29, 1.82) is 0 Å². The lowest BCUT2D eigenvalue weighted by molar-refractivity contribution is 0.632. The van der Waals surface area contributed by atoms with Crippen LogP contribution >= 0.6 is 24.0 Å². The van der Waals surface area contributed by atoms with Crippen molar-refractivity contribution in [2.24, 2.45) is 4.99 Å². The molecule has 2 heterocycles. The van der Waals surface area contributed by atoms with E-state index < -0.39 is 0 Å². The number of nitrogens with zero attached hydrogens (tertiary/aromatic N) is 6. The molecule has 0 spiro atoms. The molecule has 0 aliphatic heterocycles. The number of halogens is 1. The summed E-state index contributed by atoms with van der Waals surface area (Å²) in [5.41, 5.74) is 2.18. The fraction of sp³-hybridized carbons (Fsp3) is 0.400. The van der Waals surface area contributed by atoms with E-state index in [-0.39, 0.29) is 24.0 Å². The third-order valence-corrected chi connectivity index (χ3v) is 4.57. The molecule has 0 atom stereocenters. The number of hydrogen-bond acceptors (Lipinski definition) is 5. The van der Waals surface area contributed by atoms with Gasteiger partial charge < -0.3 is 20.1 Å². The van der Waals surface area contributed by atoms with Crippen LogP contribution in [0.15, 0.2) is 41.7 Å². The number of nitrogens with one attached hydrogen (secondary N) is 2. The second-order valence-corrected chi connectivity index (χ2v) is 6.70. The van der Waals surface area contributed by atoms with Crippen LogP contribution in [0.5, 0.6) is 0 Å². The van der Waals surface area contributed by atoms with Crippen molar-refractivity contribution in [1.82, 2.24) is 30.4 Å². The summed E-state index contributed by atoms with van der Waals surface area (Å²) >= 11 is 0. The third-order valence-electron chi connectivity index (χ3n) is 4.57. The fourth-order valence-electron chi connectivity index (χ4n) is 3.04. The number of para-hydroxylation sites is 1. The fourth-order valence-corrected chi connectivity index (χ4v) is 3.04. The first-order chi connectivity index (χ1) is 13.6. The van der Waals surface area contributed by atoms with E-state index >= 15 is 0 Å². The highest BCUT2D eigenvalue weighted by Gasteiger charge is 2.08. The van der Waals surface area contributed by atoms with Crippen LogP contribution in [0.3, 0.4) is 0 Å². The van der Waals surface area contributed by atoms with Crippen LogP contribution in [0.4, 0.5) is 5.82 Å². The predicted octanol–water partition coefficient (Wildman–Crippen LogP) is 2.44. The van der Waals surface area contributed by atoms with Gasteiger partial charge in [-0.15, -0.1) is 34.2 Å². The Balaban J connectivity index is 0.00000300. The van der Waals surface area contributed by atoms with E-state index in [1.807, 2.05) is 37.2 Å². The van der Waals surface area contributed by atoms with Gasteiger partial charge in [0.1, 0.15) is 18.0 Å². The molecule has 0 aliphatic carbocycles. The minimum absolute atomic E-state index is 0. The highest BCUT2D eigenvalue weighted by atomic mass is 127. The number of guanidine groups is 1. The molecular weight excluding hydrogens is 479 g/mol. The number of aromatic nitrogens is 4. The lowest BCUT2D eigenvalue weighted by atomic mass is 10.1. The van der Waals surface area contributed by atoms with Gasteiger partial charge in [-0.05, 0) is 17.7 Å². The smallest absolute Gasteiger partial charge is 0.191 e. The zero-order chi connectivity index (χ0) is 19.9. The van der Waals surface area contributed by atoms with Crippen molar-refractivity contribution >= 4 is 46.7 Å². The molecule has 1 aromatic carbocycles. The summed E-state index contributed by atoms with van der Waals surface area (Å²) in [6, 6.07) is 10.3. The first kappa shape index (κ1) is 22.9. The summed E-state index contributed by atoms with van der Waals surface area (Å²) in [5.74, 6) is 2.70. The zero-order valence-corrected chi connectivity index (χ0v) is 19.7. The summed E-state index contributed by atoms with van der Waals surface area (Å²) in [7, 11) is 5.79. The number of anilines is 1. The second kappa shape index (κ2) is 10.9. The lowest BCUT2D eigenvalue weighted by Crippen LogP contribution is -2.38. The SMILES string of the molecule is CCc1nncn1CCNC(=NC)NCc1cc(N(C)C)nc2ccccc12.I. The van der Waals surface area contributed by atoms with Crippen molar-refractivity contribution in [2.45, 2.75) is 26.4 Å². The molecular formula is C20H29IN8. The van der Waals surface area contributed by atoms with Gasteiger partial charge in [0.05, 0.1) is 5.52 Å². The molecule has 9 heteroatoms. The first-order valence-electron chi connectivity index (χ1n) is 9.49. The number of aryl methyl sites for hydroxylation is 1. The largest absolute Gasteiger partial charge is 0.363 e. The Bertz CT molecular complexity index is 951. The van der Waals surface area contributed by atoms with Gasteiger partial charge in [-0.25, -0.2) is 4.98 Å². The maximum Gasteiger partial charge on any atom is 0.191 e. The summed E-state index contributed by atoms with van der Waals surface area (Å²) < 4.78 is 2.06. The van der Waals surface area contributed by atoms with E-state index in [1.165, 1.54) is 5.56 Å². The topological polar surface area (TPSA) is 83.3 Å². The standard InChI is InChI=1S/C20H28N8.HI/c1-5-18-26-24-14-28(18)11-10-22-20(21-2)23-13-15-12-19(27(3)4)25-17-9-7-6-8-16(15)17;/h6-9,12,14H,5,10-11,13H2,1-4H3,(H2,21,22,23);1H. The van der Waals surface area contributed by atoms with Crippen molar-refractivity contribution < 1.29 is 0 Å². The minimum Gasteiger partial charge on any atom is -0.363 e. The molecule has 8 nitrogen and oxygen atoms in total. The number of aliphatic imine (C=N–C) groups is 1. The molecule has 0 fully saturated rings. The van der Waals surface area contributed by atoms with Gasteiger partial charge in [0, 0.05) is 52.6 Å².